The first-order valence-electron chi connectivity index (χ1n) is 9.45. The quantitative estimate of drug-likeness (QED) is 0.716. The molecule has 0 unspecified atom stereocenters. The minimum absolute atomic E-state index is 0.0408. The highest BCUT2D eigenvalue weighted by Gasteiger charge is 2.24. The van der Waals surface area contributed by atoms with Crippen LogP contribution < -0.4 is 10.1 Å². The fraction of sp³-hybridized carbons (Fsp3) is 0.450. The number of aryl methyl sites for hydroxylation is 2. The van der Waals surface area contributed by atoms with Crippen molar-refractivity contribution in [2.24, 2.45) is 0 Å². The Morgan fingerprint density at radius 1 is 1.18 bits per heavy atom. The van der Waals surface area contributed by atoms with Crippen molar-refractivity contribution in [1.29, 1.82) is 0 Å². The van der Waals surface area contributed by atoms with E-state index in [9.17, 15) is 13.2 Å². The molecule has 0 atom stereocenters. The largest absolute Gasteiger partial charge is 0.492 e. The van der Waals surface area contributed by atoms with E-state index in [1.165, 1.54) is 54.8 Å². The first-order chi connectivity index (χ1) is 13.3. The molecule has 2 aromatic rings. The average molecular weight is 423 g/mol. The summed E-state index contributed by atoms with van der Waals surface area (Å²) in [6.07, 6.45) is 5.61. The van der Waals surface area contributed by atoms with E-state index in [1.807, 2.05) is 6.07 Å². The fourth-order valence-electron chi connectivity index (χ4n) is 3.23. The van der Waals surface area contributed by atoms with Gasteiger partial charge in [0.2, 0.25) is 10.0 Å². The van der Waals surface area contributed by atoms with Gasteiger partial charge in [-0.3, -0.25) is 4.79 Å². The van der Waals surface area contributed by atoms with E-state index in [-0.39, 0.29) is 16.6 Å². The van der Waals surface area contributed by atoms with E-state index >= 15 is 0 Å². The zero-order valence-corrected chi connectivity index (χ0v) is 18.1. The second-order valence-corrected chi connectivity index (χ2v) is 10.2. The van der Waals surface area contributed by atoms with E-state index in [0.717, 1.165) is 23.6 Å². The summed E-state index contributed by atoms with van der Waals surface area (Å²) >= 11 is 1.54. The monoisotopic (exact) mass is 422 g/mol. The number of thiophene rings is 1. The zero-order valence-electron chi connectivity index (χ0n) is 16.4. The molecule has 1 aliphatic carbocycles. The standard InChI is InChI=1S/C20H26N2O4S2/c1-4-26-16-11-10-15(13-19(16)28(24,25)22(2)3)21-20(23)18-12-14-8-6-5-7-9-17(14)27-18/h10-13H,4-9H2,1-3H3,(H,21,23). The summed E-state index contributed by atoms with van der Waals surface area (Å²) in [5.41, 5.74) is 1.70. The Labute approximate surface area is 170 Å². The van der Waals surface area contributed by atoms with E-state index in [2.05, 4.69) is 5.32 Å². The molecule has 0 saturated carbocycles. The number of carbonyl (C=O) groups excluding carboxylic acids is 1. The third-order valence-corrected chi connectivity index (χ3v) is 7.80. The van der Waals surface area contributed by atoms with Crippen LogP contribution in [0, 0.1) is 0 Å². The van der Waals surface area contributed by atoms with Gasteiger partial charge in [-0.05, 0) is 62.4 Å². The van der Waals surface area contributed by atoms with E-state index < -0.39 is 10.0 Å². The third kappa shape index (κ3) is 4.39. The van der Waals surface area contributed by atoms with Crippen LogP contribution in [-0.4, -0.2) is 39.3 Å². The topological polar surface area (TPSA) is 75.7 Å². The zero-order chi connectivity index (χ0) is 20.3. The normalized spacial score (nSPS) is 14.4. The van der Waals surface area contributed by atoms with Crippen LogP contribution in [0.25, 0.3) is 0 Å². The number of nitrogens with one attached hydrogen (secondary N) is 1. The highest BCUT2D eigenvalue weighted by molar-refractivity contribution is 7.89. The van der Waals surface area contributed by atoms with Gasteiger partial charge in [-0.15, -0.1) is 11.3 Å². The lowest BCUT2D eigenvalue weighted by Crippen LogP contribution is -2.23. The number of benzene rings is 1. The molecule has 1 amide bonds. The lowest BCUT2D eigenvalue weighted by Gasteiger charge is -2.16. The van der Waals surface area contributed by atoms with Gasteiger partial charge in [0.25, 0.3) is 5.91 Å². The number of hydrogen-bond acceptors (Lipinski definition) is 5. The molecule has 0 radical (unpaired) electrons. The molecule has 1 aliphatic rings. The lowest BCUT2D eigenvalue weighted by molar-refractivity contribution is 0.103. The van der Waals surface area contributed by atoms with Crippen molar-refractivity contribution in [3.05, 3.63) is 39.6 Å². The second kappa shape index (κ2) is 8.63. The smallest absolute Gasteiger partial charge is 0.265 e. The molecule has 1 heterocycles. The second-order valence-electron chi connectivity index (χ2n) is 6.96. The summed E-state index contributed by atoms with van der Waals surface area (Å²) in [5, 5.41) is 2.84. The van der Waals surface area contributed by atoms with Crippen LogP contribution in [0.2, 0.25) is 0 Å². The number of carbonyl (C=O) groups is 1. The van der Waals surface area contributed by atoms with Crippen molar-refractivity contribution in [2.75, 3.05) is 26.0 Å². The Morgan fingerprint density at radius 3 is 2.64 bits per heavy atom. The van der Waals surface area contributed by atoms with Gasteiger partial charge in [0, 0.05) is 24.7 Å². The predicted octanol–water partition coefficient (Wildman–Crippen LogP) is 3.92. The summed E-state index contributed by atoms with van der Waals surface area (Å²) in [4.78, 5) is 14.7. The Kier molecular flexibility index (Phi) is 6.42. The number of amides is 1. The Hall–Kier alpha value is -1.90. The van der Waals surface area contributed by atoms with Crippen molar-refractivity contribution < 1.29 is 17.9 Å². The molecule has 0 saturated heterocycles. The summed E-state index contributed by atoms with van der Waals surface area (Å²) in [7, 11) is -0.765. The number of sulfonamides is 1. The number of rotatable bonds is 6. The lowest BCUT2D eigenvalue weighted by atomic mass is 10.1. The number of hydrogen-bond donors (Lipinski definition) is 1. The minimum atomic E-state index is -3.70. The van der Waals surface area contributed by atoms with E-state index in [0.29, 0.717) is 17.2 Å². The van der Waals surface area contributed by atoms with Crippen LogP contribution in [0.15, 0.2) is 29.2 Å². The van der Waals surface area contributed by atoms with Gasteiger partial charge in [0.1, 0.15) is 10.6 Å². The van der Waals surface area contributed by atoms with Gasteiger partial charge in [0.15, 0.2) is 0 Å². The molecule has 6 nitrogen and oxygen atoms in total. The summed E-state index contributed by atoms with van der Waals surface area (Å²) in [6.45, 7) is 2.14. The Morgan fingerprint density at radius 2 is 1.93 bits per heavy atom. The molecule has 0 fully saturated rings. The van der Waals surface area contributed by atoms with E-state index in [1.54, 1.807) is 19.1 Å². The van der Waals surface area contributed by atoms with Crippen molar-refractivity contribution in [2.45, 2.75) is 43.9 Å². The minimum Gasteiger partial charge on any atom is -0.492 e. The predicted molar refractivity (Wildman–Crippen MR) is 112 cm³/mol. The number of anilines is 1. The molecule has 0 aliphatic heterocycles. The molecular formula is C20H26N2O4S2. The summed E-state index contributed by atoms with van der Waals surface area (Å²) in [5.74, 6) is 0.0625. The molecule has 3 rings (SSSR count). The third-order valence-electron chi connectivity index (χ3n) is 4.73. The maximum absolute atomic E-state index is 12.7. The van der Waals surface area contributed by atoms with Gasteiger partial charge in [-0.25, -0.2) is 12.7 Å². The molecule has 152 valence electrons. The Balaban J connectivity index is 1.87. The number of ether oxygens (including phenoxy) is 1. The van der Waals surface area contributed by atoms with Gasteiger partial charge in [0.05, 0.1) is 11.5 Å². The van der Waals surface area contributed by atoms with Crippen LogP contribution in [0.4, 0.5) is 5.69 Å². The van der Waals surface area contributed by atoms with Crippen molar-refractivity contribution >= 4 is 33.0 Å². The van der Waals surface area contributed by atoms with Crippen LogP contribution >= 0.6 is 11.3 Å². The maximum Gasteiger partial charge on any atom is 0.265 e. The molecular weight excluding hydrogens is 396 g/mol. The summed E-state index contributed by atoms with van der Waals surface area (Å²) < 4.78 is 31.9. The van der Waals surface area contributed by atoms with Gasteiger partial charge < -0.3 is 10.1 Å². The molecule has 1 N–H and O–H groups in total. The first kappa shape index (κ1) is 20.8. The van der Waals surface area contributed by atoms with Crippen LogP contribution in [-0.2, 0) is 22.9 Å². The van der Waals surface area contributed by atoms with Crippen LogP contribution in [0.1, 0.15) is 46.3 Å². The number of fused-ring (bicyclic) bond motifs is 1. The number of nitrogens with zero attached hydrogens (tertiary/aromatic N) is 1. The highest BCUT2D eigenvalue weighted by Crippen LogP contribution is 2.31. The molecule has 8 heteroatoms. The van der Waals surface area contributed by atoms with Crippen molar-refractivity contribution in [3.8, 4) is 5.75 Å². The van der Waals surface area contributed by atoms with Crippen molar-refractivity contribution in [1.82, 2.24) is 4.31 Å². The van der Waals surface area contributed by atoms with Gasteiger partial charge in [-0.2, -0.15) is 0 Å². The Bertz CT molecular complexity index is 941. The van der Waals surface area contributed by atoms with Gasteiger partial charge >= 0.3 is 0 Å². The van der Waals surface area contributed by atoms with E-state index in [4.69, 9.17) is 4.74 Å². The molecule has 0 spiro atoms. The fourth-order valence-corrected chi connectivity index (χ4v) is 5.43. The van der Waals surface area contributed by atoms with Gasteiger partial charge in [-0.1, -0.05) is 6.42 Å². The highest BCUT2D eigenvalue weighted by atomic mass is 32.2. The molecule has 0 bridgehead atoms. The van der Waals surface area contributed by atoms with Crippen molar-refractivity contribution in [3.63, 3.8) is 0 Å². The summed E-state index contributed by atoms with van der Waals surface area (Å²) in [6, 6.07) is 6.68. The molecule has 1 aromatic carbocycles. The van der Waals surface area contributed by atoms with Crippen LogP contribution in [0.5, 0.6) is 5.75 Å². The SMILES string of the molecule is CCOc1ccc(NC(=O)c2cc3c(s2)CCCCC3)cc1S(=O)(=O)N(C)C. The van der Waals surface area contributed by atoms with Crippen LogP contribution in [0.3, 0.4) is 0 Å². The first-order valence-corrected chi connectivity index (χ1v) is 11.7. The molecule has 28 heavy (non-hydrogen) atoms. The molecule has 1 aromatic heterocycles. The maximum atomic E-state index is 12.7. The average Bonchev–Trinajstić information content (AvgIpc) is 2.94.